The first kappa shape index (κ1) is 13.6. The van der Waals surface area contributed by atoms with Crippen molar-refractivity contribution in [2.75, 3.05) is 18.5 Å². The first-order valence-corrected chi connectivity index (χ1v) is 6.44. The van der Waals surface area contributed by atoms with Gasteiger partial charge in [0, 0.05) is 6.54 Å². The van der Waals surface area contributed by atoms with Gasteiger partial charge in [-0.25, -0.2) is 0 Å². The molecule has 2 rings (SSSR count). The van der Waals surface area contributed by atoms with E-state index in [1.165, 1.54) is 0 Å². The number of rotatable bonds is 6. The fourth-order valence-electron chi connectivity index (χ4n) is 2.25. The first-order valence-electron chi connectivity index (χ1n) is 6.44. The van der Waals surface area contributed by atoms with Crippen LogP contribution in [0.15, 0.2) is 18.2 Å². The summed E-state index contributed by atoms with van der Waals surface area (Å²) in [4.78, 5) is 10.7. The highest BCUT2D eigenvalue weighted by Crippen LogP contribution is 2.35. The third kappa shape index (κ3) is 3.14. The molecule has 0 unspecified atom stereocenters. The summed E-state index contributed by atoms with van der Waals surface area (Å²) in [5, 5.41) is 23.4. The highest BCUT2D eigenvalue weighted by atomic mass is 16.6. The maximum absolute atomic E-state index is 11.1. The molecule has 1 aliphatic carbocycles. The average molecular weight is 266 g/mol. The van der Waals surface area contributed by atoms with Crippen molar-refractivity contribution in [3.8, 4) is 5.75 Å². The summed E-state index contributed by atoms with van der Waals surface area (Å²) in [6.07, 6.45) is 1.30. The molecule has 0 atom stereocenters. The molecule has 0 amide bonds. The van der Waals surface area contributed by atoms with Crippen molar-refractivity contribution < 1.29 is 14.8 Å². The van der Waals surface area contributed by atoms with Crippen molar-refractivity contribution in [3.05, 3.63) is 28.3 Å². The van der Waals surface area contributed by atoms with Crippen LogP contribution in [0.2, 0.25) is 0 Å². The van der Waals surface area contributed by atoms with Gasteiger partial charge < -0.3 is 15.2 Å². The van der Waals surface area contributed by atoms with E-state index in [9.17, 15) is 15.2 Å². The minimum Gasteiger partial charge on any atom is -0.487 e. The van der Waals surface area contributed by atoms with Crippen LogP contribution < -0.4 is 10.1 Å². The first-order chi connectivity index (χ1) is 9.11. The second kappa shape index (κ2) is 5.88. The highest BCUT2D eigenvalue weighted by Gasteiger charge is 2.28. The molecule has 0 spiro atoms. The number of ether oxygens (including phenoxy) is 1. The second-order valence-corrected chi connectivity index (χ2v) is 4.71. The Morgan fingerprint density at radius 1 is 1.53 bits per heavy atom. The lowest BCUT2D eigenvalue weighted by Gasteiger charge is -2.31. The molecule has 6 heteroatoms. The Morgan fingerprint density at radius 2 is 2.26 bits per heavy atom. The van der Waals surface area contributed by atoms with Crippen molar-refractivity contribution in [3.63, 3.8) is 0 Å². The number of aliphatic hydroxyl groups excluding tert-OH is 1. The van der Waals surface area contributed by atoms with E-state index in [2.05, 4.69) is 5.32 Å². The molecule has 1 aliphatic rings. The lowest BCUT2D eigenvalue weighted by molar-refractivity contribution is -0.384. The monoisotopic (exact) mass is 266 g/mol. The lowest BCUT2D eigenvalue weighted by Crippen LogP contribution is -2.33. The maximum Gasteiger partial charge on any atom is 0.333 e. The minimum absolute atomic E-state index is 0.0239. The maximum atomic E-state index is 11.1. The van der Waals surface area contributed by atoms with Crippen molar-refractivity contribution in [1.29, 1.82) is 0 Å². The van der Waals surface area contributed by atoms with Crippen LogP contribution in [0.1, 0.15) is 19.8 Å². The Balaban J connectivity index is 2.09. The van der Waals surface area contributed by atoms with Gasteiger partial charge in [0.2, 0.25) is 0 Å². The normalized spacial score (nSPS) is 21.6. The van der Waals surface area contributed by atoms with Crippen LogP contribution in [0.4, 0.5) is 11.4 Å². The zero-order valence-corrected chi connectivity index (χ0v) is 10.8. The van der Waals surface area contributed by atoms with Gasteiger partial charge in [-0.05, 0) is 37.8 Å². The van der Waals surface area contributed by atoms with Gasteiger partial charge in [-0.3, -0.25) is 10.1 Å². The van der Waals surface area contributed by atoms with E-state index in [0.717, 1.165) is 12.8 Å². The summed E-state index contributed by atoms with van der Waals surface area (Å²) < 4.78 is 5.28. The fourth-order valence-corrected chi connectivity index (χ4v) is 2.25. The number of para-hydroxylation sites is 1. The summed E-state index contributed by atoms with van der Waals surface area (Å²) in [6.45, 7) is 2.81. The molecule has 0 aromatic heterocycles. The molecule has 104 valence electrons. The molecule has 6 nitrogen and oxygen atoms in total. The van der Waals surface area contributed by atoms with Gasteiger partial charge in [0.15, 0.2) is 5.75 Å². The molecule has 0 saturated heterocycles. The number of nitro groups is 1. The number of nitrogens with zero attached hydrogens (tertiary/aromatic N) is 1. The molecule has 1 saturated carbocycles. The van der Waals surface area contributed by atoms with Gasteiger partial charge in [-0.1, -0.05) is 6.07 Å². The third-order valence-corrected chi connectivity index (χ3v) is 3.27. The summed E-state index contributed by atoms with van der Waals surface area (Å²) in [6, 6.07) is 5.01. The number of hydrogen-bond acceptors (Lipinski definition) is 5. The highest BCUT2D eigenvalue weighted by molar-refractivity contribution is 5.68. The summed E-state index contributed by atoms with van der Waals surface area (Å²) in [5.74, 6) is 0.663. The van der Waals surface area contributed by atoms with E-state index in [1.54, 1.807) is 25.1 Å². The van der Waals surface area contributed by atoms with Crippen LogP contribution in [0.25, 0.3) is 0 Å². The van der Waals surface area contributed by atoms with E-state index in [4.69, 9.17) is 4.74 Å². The van der Waals surface area contributed by atoms with Crippen LogP contribution in [-0.2, 0) is 0 Å². The molecular weight excluding hydrogens is 248 g/mol. The SMILES string of the molecule is CCOc1cccc(NCC2CC(O)C2)c1[N+](=O)[O-]. The van der Waals surface area contributed by atoms with E-state index < -0.39 is 4.92 Å². The van der Waals surface area contributed by atoms with Crippen LogP contribution in [0.3, 0.4) is 0 Å². The lowest BCUT2D eigenvalue weighted by atomic mass is 9.82. The molecule has 1 aromatic rings. The molecule has 1 fully saturated rings. The van der Waals surface area contributed by atoms with E-state index in [1.807, 2.05) is 0 Å². The van der Waals surface area contributed by atoms with Gasteiger partial charge in [0.1, 0.15) is 5.69 Å². The number of hydrogen-bond donors (Lipinski definition) is 2. The Morgan fingerprint density at radius 3 is 2.84 bits per heavy atom. The number of nitro benzene ring substituents is 1. The smallest absolute Gasteiger partial charge is 0.333 e. The number of anilines is 1. The molecule has 19 heavy (non-hydrogen) atoms. The second-order valence-electron chi connectivity index (χ2n) is 4.71. The largest absolute Gasteiger partial charge is 0.487 e. The summed E-state index contributed by atoms with van der Waals surface area (Å²) in [5.41, 5.74) is 0.446. The van der Waals surface area contributed by atoms with E-state index >= 15 is 0 Å². The molecule has 1 aromatic carbocycles. The van der Waals surface area contributed by atoms with Crippen LogP contribution in [0, 0.1) is 16.0 Å². The zero-order chi connectivity index (χ0) is 13.8. The van der Waals surface area contributed by atoms with Gasteiger partial charge >= 0.3 is 5.69 Å². The molecule has 0 aliphatic heterocycles. The molecule has 2 N–H and O–H groups in total. The van der Waals surface area contributed by atoms with Crippen molar-refractivity contribution in [2.24, 2.45) is 5.92 Å². The number of nitrogens with one attached hydrogen (secondary N) is 1. The van der Waals surface area contributed by atoms with Gasteiger partial charge in [-0.2, -0.15) is 0 Å². The third-order valence-electron chi connectivity index (χ3n) is 3.27. The summed E-state index contributed by atoms with van der Waals surface area (Å²) in [7, 11) is 0. The number of aliphatic hydroxyl groups is 1. The van der Waals surface area contributed by atoms with Crippen molar-refractivity contribution in [1.82, 2.24) is 0 Å². The van der Waals surface area contributed by atoms with Crippen LogP contribution in [-0.4, -0.2) is 29.3 Å². The van der Waals surface area contributed by atoms with Gasteiger partial charge in [0.25, 0.3) is 0 Å². The molecule has 0 radical (unpaired) electrons. The molecule has 0 heterocycles. The van der Waals surface area contributed by atoms with Gasteiger partial charge in [-0.15, -0.1) is 0 Å². The quantitative estimate of drug-likeness (QED) is 0.609. The average Bonchev–Trinajstić information content (AvgIpc) is 2.33. The predicted octanol–water partition coefficient (Wildman–Crippen LogP) is 2.18. The Kier molecular flexibility index (Phi) is 4.21. The standard InChI is InChI=1S/C13H18N2O4/c1-2-19-12-5-3-4-11(13(12)15(17)18)14-8-9-6-10(16)7-9/h3-5,9-10,14,16H,2,6-8H2,1H3. The topological polar surface area (TPSA) is 84.6 Å². The Labute approximate surface area is 111 Å². The van der Waals surface area contributed by atoms with Crippen molar-refractivity contribution in [2.45, 2.75) is 25.9 Å². The molecular formula is C13H18N2O4. The van der Waals surface area contributed by atoms with Crippen LogP contribution >= 0.6 is 0 Å². The number of benzene rings is 1. The van der Waals surface area contributed by atoms with E-state index in [-0.39, 0.29) is 17.5 Å². The van der Waals surface area contributed by atoms with E-state index in [0.29, 0.717) is 24.8 Å². The predicted molar refractivity (Wildman–Crippen MR) is 71.5 cm³/mol. The zero-order valence-electron chi connectivity index (χ0n) is 10.8. The summed E-state index contributed by atoms with van der Waals surface area (Å²) >= 11 is 0. The van der Waals surface area contributed by atoms with Crippen molar-refractivity contribution >= 4 is 11.4 Å². The van der Waals surface area contributed by atoms with Crippen LogP contribution in [0.5, 0.6) is 5.75 Å². The Hall–Kier alpha value is -1.82. The minimum atomic E-state index is -0.428. The van der Waals surface area contributed by atoms with Gasteiger partial charge in [0.05, 0.1) is 17.6 Å². The molecule has 0 bridgehead atoms. The Bertz CT molecular complexity index is 458. The fraction of sp³-hybridized carbons (Fsp3) is 0.538.